The Balaban J connectivity index is 2.30. The quantitative estimate of drug-likeness (QED) is 0.856. The van der Waals surface area contributed by atoms with Crippen LogP contribution in [-0.2, 0) is 11.2 Å². The zero-order valence-corrected chi connectivity index (χ0v) is 9.10. The van der Waals surface area contributed by atoms with E-state index in [1.165, 1.54) is 0 Å². The Bertz CT molecular complexity index is 534. The molecule has 0 aliphatic heterocycles. The number of carboxylic acids is 1. The zero-order valence-electron chi connectivity index (χ0n) is 9.10. The summed E-state index contributed by atoms with van der Waals surface area (Å²) in [6.45, 7) is 1.96. The third kappa shape index (κ3) is 2.37. The Morgan fingerprint density at radius 3 is 2.88 bits per heavy atom. The number of aromatic nitrogens is 1. The molecule has 1 aromatic heterocycles. The summed E-state index contributed by atoms with van der Waals surface area (Å²) < 4.78 is 0. The van der Waals surface area contributed by atoms with Gasteiger partial charge in [-0.2, -0.15) is 0 Å². The lowest BCUT2D eigenvalue weighted by Gasteiger charge is -2.02. The highest BCUT2D eigenvalue weighted by molar-refractivity contribution is 5.82. The molecule has 0 fully saturated rings. The van der Waals surface area contributed by atoms with Crippen LogP contribution in [0.15, 0.2) is 30.5 Å². The molecule has 1 N–H and O–H groups in total. The van der Waals surface area contributed by atoms with Crippen LogP contribution in [-0.4, -0.2) is 16.1 Å². The summed E-state index contributed by atoms with van der Waals surface area (Å²) in [5, 5.41) is 10.8. The van der Waals surface area contributed by atoms with Crippen LogP contribution in [0.5, 0.6) is 0 Å². The fourth-order valence-corrected chi connectivity index (χ4v) is 1.71. The molecule has 0 amide bonds. The molecule has 0 bridgehead atoms. The van der Waals surface area contributed by atoms with Crippen molar-refractivity contribution in [1.29, 1.82) is 0 Å². The smallest absolute Gasteiger partial charge is 0.303 e. The molecule has 3 nitrogen and oxygen atoms in total. The predicted octanol–water partition coefficient (Wildman–Crippen LogP) is 2.56. The maximum Gasteiger partial charge on any atom is 0.303 e. The fourth-order valence-electron chi connectivity index (χ4n) is 1.71. The van der Waals surface area contributed by atoms with Crippen LogP contribution < -0.4 is 0 Å². The highest BCUT2D eigenvalue weighted by Gasteiger charge is 2.01. The molecule has 0 saturated carbocycles. The monoisotopic (exact) mass is 215 g/mol. The maximum atomic E-state index is 10.5. The Morgan fingerprint density at radius 2 is 2.12 bits per heavy atom. The average molecular weight is 215 g/mol. The minimum atomic E-state index is -0.762. The Morgan fingerprint density at radius 1 is 1.31 bits per heavy atom. The minimum Gasteiger partial charge on any atom is -0.481 e. The maximum absolute atomic E-state index is 10.5. The fraction of sp³-hybridized carbons (Fsp3) is 0.231. The molecule has 0 saturated heterocycles. The van der Waals surface area contributed by atoms with Gasteiger partial charge in [0.2, 0.25) is 0 Å². The first kappa shape index (κ1) is 10.6. The van der Waals surface area contributed by atoms with Gasteiger partial charge in [0.25, 0.3) is 0 Å². The molecule has 2 rings (SSSR count). The molecule has 0 radical (unpaired) electrons. The van der Waals surface area contributed by atoms with Crippen LogP contribution in [0.1, 0.15) is 17.7 Å². The minimum absolute atomic E-state index is 0.171. The molecule has 1 heterocycles. The molecule has 16 heavy (non-hydrogen) atoms. The Kier molecular flexibility index (Phi) is 2.86. The van der Waals surface area contributed by atoms with Gasteiger partial charge in [-0.1, -0.05) is 12.1 Å². The lowest BCUT2D eigenvalue weighted by atomic mass is 10.0. The van der Waals surface area contributed by atoms with Gasteiger partial charge >= 0.3 is 5.97 Å². The van der Waals surface area contributed by atoms with Crippen molar-refractivity contribution in [1.82, 2.24) is 4.98 Å². The van der Waals surface area contributed by atoms with Crippen molar-refractivity contribution in [2.45, 2.75) is 19.8 Å². The van der Waals surface area contributed by atoms with E-state index in [1.54, 1.807) is 0 Å². The van der Waals surface area contributed by atoms with Gasteiger partial charge in [0, 0.05) is 23.7 Å². The van der Waals surface area contributed by atoms with Crippen molar-refractivity contribution < 1.29 is 9.90 Å². The molecule has 0 atom stereocenters. The van der Waals surface area contributed by atoms with Crippen LogP contribution in [0, 0.1) is 6.92 Å². The highest BCUT2D eigenvalue weighted by Crippen LogP contribution is 2.16. The first-order valence-electron chi connectivity index (χ1n) is 5.22. The van der Waals surface area contributed by atoms with Crippen molar-refractivity contribution in [2.24, 2.45) is 0 Å². The number of pyridine rings is 1. The number of benzene rings is 1. The summed E-state index contributed by atoms with van der Waals surface area (Å²) in [5.74, 6) is -0.762. The van der Waals surface area contributed by atoms with E-state index in [0.717, 1.165) is 22.0 Å². The van der Waals surface area contributed by atoms with Crippen LogP contribution in [0.25, 0.3) is 10.8 Å². The van der Waals surface area contributed by atoms with Gasteiger partial charge in [-0.3, -0.25) is 9.78 Å². The predicted molar refractivity (Wildman–Crippen MR) is 62.4 cm³/mol. The molecular formula is C13H13NO2. The first-order valence-corrected chi connectivity index (χ1v) is 5.22. The summed E-state index contributed by atoms with van der Waals surface area (Å²) in [4.78, 5) is 14.7. The third-order valence-corrected chi connectivity index (χ3v) is 2.55. The van der Waals surface area contributed by atoms with Gasteiger partial charge in [-0.25, -0.2) is 0 Å². The molecule has 2 aromatic rings. The summed E-state index contributed by atoms with van der Waals surface area (Å²) >= 11 is 0. The van der Waals surface area contributed by atoms with Gasteiger partial charge in [0.15, 0.2) is 0 Å². The molecule has 0 aliphatic carbocycles. The number of aryl methyl sites for hydroxylation is 2. The third-order valence-electron chi connectivity index (χ3n) is 2.55. The number of carboxylic acid groups (broad SMARTS) is 1. The van der Waals surface area contributed by atoms with E-state index in [1.807, 2.05) is 37.4 Å². The lowest BCUT2D eigenvalue weighted by molar-refractivity contribution is -0.136. The van der Waals surface area contributed by atoms with Crippen molar-refractivity contribution in [3.63, 3.8) is 0 Å². The largest absolute Gasteiger partial charge is 0.481 e. The van der Waals surface area contributed by atoms with Gasteiger partial charge < -0.3 is 5.11 Å². The molecule has 0 spiro atoms. The Hall–Kier alpha value is -1.90. The summed E-state index contributed by atoms with van der Waals surface area (Å²) in [7, 11) is 0. The SMILES string of the molecule is Cc1cc2ccc(CCC(=O)O)cc2cn1. The number of carbonyl (C=O) groups is 1. The number of nitrogens with zero attached hydrogens (tertiary/aromatic N) is 1. The molecule has 0 unspecified atom stereocenters. The van der Waals surface area contributed by atoms with E-state index in [4.69, 9.17) is 5.11 Å². The normalized spacial score (nSPS) is 10.6. The van der Waals surface area contributed by atoms with Crippen molar-refractivity contribution >= 4 is 16.7 Å². The second-order valence-electron chi connectivity index (χ2n) is 3.90. The first-order chi connectivity index (χ1) is 7.65. The van der Waals surface area contributed by atoms with Crippen molar-refractivity contribution in [3.8, 4) is 0 Å². The van der Waals surface area contributed by atoms with E-state index < -0.39 is 5.97 Å². The number of aliphatic carboxylic acids is 1. The van der Waals surface area contributed by atoms with E-state index in [-0.39, 0.29) is 6.42 Å². The second kappa shape index (κ2) is 4.31. The van der Waals surface area contributed by atoms with Gasteiger partial charge in [-0.05, 0) is 36.4 Å². The number of hydrogen-bond donors (Lipinski definition) is 1. The molecule has 82 valence electrons. The van der Waals surface area contributed by atoms with Crippen LogP contribution >= 0.6 is 0 Å². The highest BCUT2D eigenvalue weighted by atomic mass is 16.4. The van der Waals surface area contributed by atoms with Crippen LogP contribution in [0.4, 0.5) is 0 Å². The topological polar surface area (TPSA) is 50.2 Å². The van der Waals surface area contributed by atoms with Crippen LogP contribution in [0.2, 0.25) is 0 Å². The van der Waals surface area contributed by atoms with E-state index in [0.29, 0.717) is 6.42 Å². The van der Waals surface area contributed by atoms with Gasteiger partial charge in [-0.15, -0.1) is 0 Å². The van der Waals surface area contributed by atoms with Crippen molar-refractivity contribution in [3.05, 3.63) is 41.7 Å². The standard InChI is InChI=1S/C13H13NO2/c1-9-6-11-4-2-10(3-5-13(15)16)7-12(11)8-14-9/h2,4,6-8H,3,5H2,1H3,(H,15,16). The summed E-state index contributed by atoms with van der Waals surface area (Å²) in [6, 6.07) is 8.02. The lowest BCUT2D eigenvalue weighted by Crippen LogP contribution is -1.97. The Labute approximate surface area is 93.7 Å². The summed E-state index contributed by atoms with van der Waals surface area (Å²) in [6.07, 6.45) is 2.57. The number of rotatable bonds is 3. The molecule has 1 aromatic carbocycles. The van der Waals surface area contributed by atoms with Crippen LogP contribution in [0.3, 0.4) is 0 Å². The second-order valence-corrected chi connectivity index (χ2v) is 3.90. The van der Waals surface area contributed by atoms with E-state index in [9.17, 15) is 4.79 Å². The number of fused-ring (bicyclic) bond motifs is 1. The van der Waals surface area contributed by atoms with Gasteiger partial charge in [0.1, 0.15) is 0 Å². The van der Waals surface area contributed by atoms with Crippen molar-refractivity contribution in [2.75, 3.05) is 0 Å². The summed E-state index contributed by atoms with van der Waals surface area (Å²) in [5.41, 5.74) is 2.03. The average Bonchev–Trinajstić information content (AvgIpc) is 2.26. The van der Waals surface area contributed by atoms with E-state index in [2.05, 4.69) is 4.98 Å². The van der Waals surface area contributed by atoms with Gasteiger partial charge in [0.05, 0.1) is 0 Å². The van der Waals surface area contributed by atoms with E-state index >= 15 is 0 Å². The zero-order chi connectivity index (χ0) is 11.5. The number of hydrogen-bond acceptors (Lipinski definition) is 2. The molecule has 3 heteroatoms. The molecule has 0 aliphatic rings. The molecular weight excluding hydrogens is 202 g/mol.